The Balaban J connectivity index is 2.56. The first-order chi connectivity index (χ1) is 9.68. The van der Waals surface area contributed by atoms with Crippen molar-refractivity contribution in [2.45, 2.75) is 46.1 Å². The van der Waals surface area contributed by atoms with Crippen LogP contribution in [0.15, 0.2) is 12.1 Å². The van der Waals surface area contributed by atoms with Gasteiger partial charge in [0.05, 0.1) is 12.0 Å². The van der Waals surface area contributed by atoms with Crippen LogP contribution in [0.4, 0.5) is 0 Å². The van der Waals surface area contributed by atoms with Gasteiger partial charge in [-0.2, -0.15) is 0 Å². The zero-order valence-corrected chi connectivity index (χ0v) is 12.6. The number of esters is 1. The number of fused-ring (bicyclic) bond motifs is 1. The van der Waals surface area contributed by atoms with Crippen molar-refractivity contribution in [3.05, 3.63) is 23.3 Å². The van der Waals surface area contributed by atoms with Crippen molar-refractivity contribution in [1.82, 2.24) is 0 Å². The molecule has 1 heterocycles. The van der Waals surface area contributed by atoms with E-state index in [9.17, 15) is 14.4 Å². The van der Waals surface area contributed by atoms with Gasteiger partial charge in [0.2, 0.25) is 0 Å². The minimum atomic E-state index is -0.613. The maximum Gasteiger partial charge on any atom is 0.308 e. The van der Waals surface area contributed by atoms with Crippen LogP contribution in [0.5, 0.6) is 11.5 Å². The molecule has 0 aromatic heterocycles. The van der Waals surface area contributed by atoms with E-state index in [0.29, 0.717) is 16.9 Å². The minimum absolute atomic E-state index is 0.0587. The summed E-state index contributed by atoms with van der Waals surface area (Å²) in [5.41, 5.74) is 0.320. The molecule has 0 atom stereocenters. The van der Waals surface area contributed by atoms with Crippen LogP contribution in [0, 0.1) is 0 Å². The number of benzene rings is 1. The molecule has 0 N–H and O–H groups in total. The molecule has 1 aliphatic rings. The predicted octanol–water partition coefficient (Wildman–Crippen LogP) is 2.49. The highest BCUT2D eigenvalue weighted by Crippen LogP contribution is 2.38. The Morgan fingerprint density at radius 1 is 1.29 bits per heavy atom. The summed E-state index contributed by atoms with van der Waals surface area (Å²) in [6.07, 6.45) is 0.365. The summed E-state index contributed by atoms with van der Waals surface area (Å²) in [6, 6.07) is 3.08. The molecule has 0 saturated heterocycles. The number of carbonyl (C=O) groups excluding carboxylic acids is 3. The molecule has 0 spiro atoms. The second-order valence-electron chi connectivity index (χ2n) is 5.89. The van der Waals surface area contributed by atoms with E-state index in [0.717, 1.165) is 0 Å². The fourth-order valence-electron chi connectivity index (χ4n) is 2.41. The molecule has 0 bridgehead atoms. The summed E-state index contributed by atoms with van der Waals surface area (Å²) in [5.74, 6) is 0.0568. The van der Waals surface area contributed by atoms with Crippen molar-refractivity contribution < 1.29 is 23.9 Å². The molecule has 5 heteroatoms. The maximum absolute atomic E-state index is 12.3. The fraction of sp³-hybridized carbons (Fsp3) is 0.438. The lowest BCUT2D eigenvalue weighted by molar-refractivity contribution is -0.131. The van der Waals surface area contributed by atoms with Crippen LogP contribution >= 0.6 is 0 Å². The third-order valence-electron chi connectivity index (χ3n) is 3.11. The standard InChI is InChI=1S/C16H18O5/c1-9(17)5-11-6-12(20-10(2)18)7-13-14(19)8-16(3,4)21-15(11)13/h6-7H,5,8H2,1-4H3. The van der Waals surface area contributed by atoms with Crippen LogP contribution in [0.2, 0.25) is 0 Å². The van der Waals surface area contributed by atoms with Crippen molar-refractivity contribution in [2.24, 2.45) is 0 Å². The summed E-state index contributed by atoms with van der Waals surface area (Å²) in [4.78, 5) is 34.8. The second-order valence-corrected chi connectivity index (χ2v) is 5.89. The molecule has 0 saturated carbocycles. The summed E-state index contributed by atoms with van der Waals surface area (Å²) < 4.78 is 10.9. The number of rotatable bonds is 3. The van der Waals surface area contributed by atoms with Crippen molar-refractivity contribution in [2.75, 3.05) is 0 Å². The normalized spacial score (nSPS) is 15.9. The Labute approximate surface area is 123 Å². The lowest BCUT2D eigenvalue weighted by atomic mass is 9.90. The molecule has 112 valence electrons. The summed E-state index contributed by atoms with van der Waals surface area (Å²) >= 11 is 0. The van der Waals surface area contributed by atoms with Crippen molar-refractivity contribution >= 4 is 17.5 Å². The maximum atomic E-state index is 12.3. The smallest absolute Gasteiger partial charge is 0.308 e. The average molecular weight is 290 g/mol. The van der Waals surface area contributed by atoms with Gasteiger partial charge in [-0.05, 0) is 32.9 Å². The zero-order valence-electron chi connectivity index (χ0n) is 12.6. The molecule has 21 heavy (non-hydrogen) atoms. The van der Waals surface area contributed by atoms with Crippen LogP contribution in [0.1, 0.15) is 50.0 Å². The molecule has 1 aliphatic heterocycles. The number of carbonyl (C=O) groups is 3. The topological polar surface area (TPSA) is 69.7 Å². The Kier molecular flexibility index (Phi) is 3.85. The van der Waals surface area contributed by atoms with Crippen LogP contribution in [0.25, 0.3) is 0 Å². The van der Waals surface area contributed by atoms with Gasteiger partial charge in [0.1, 0.15) is 22.9 Å². The van der Waals surface area contributed by atoms with Crippen LogP contribution < -0.4 is 9.47 Å². The number of hydrogen-bond acceptors (Lipinski definition) is 5. The third kappa shape index (κ3) is 3.48. The van der Waals surface area contributed by atoms with E-state index < -0.39 is 11.6 Å². The molecular formula is C16H18O5. The lowest BCUT2D eigenvalue weighted by Crippen LogP contribution is -2.36. The summed E-state index contributed by atoms with van der Waals surface area (Å²) in [6.45, 7) is 6.39. The van der Waals surface area contributed by atoms with Gasteiger partial charge in [0, 0.05) is 18.9 Å². The highest BCUT2D eigenvalue weighted by molar-refractivity contribution is 6.01. The minimum Gasteiger partial charge on any atom is -0.486 e. The first kappa shape index (κ1) is 15.2. The van der Waals surface area contributed by atoms with Crippen LogP contribution in [-0.4, -0.2) is 23.1 Å². The van der Waals surface area contributed by atoms with E-state index >= 15 is 0 Å². The van der Waals surface area contributed by atoms with Gasteiger partial charge in [-0.3, -0.25) is 14.4 Å². The first-order valence-corrected chi connectivity index (χ1v) is 6.75. The molecule has 0 aliphatic carbocycles. The number of ketones is 2. The van der Waals surface area contributed by atoms with Crippen molar-refractivity contribution in [3.63, 3.8) is 0 Å². The van der Waals surface area contributed by atoms with Crippen molar-refractivity contribution in [3.8, 4) is 11.5 Å². The quantitative estimate of drug-likeness (QED) is 0.632. The van der Waals surface area contributed by atoms with Gasteiger partial charge < -0.3 is 9.47 Å². The third-order valence-corrected chi connectivity index (χ3v) is 3.11. The van der Waals surface area contributed by atoms with E-state index in [1.165, 1.54) is 19.9 Å². The van der Waals surface area contributed by atoms with E-state index in [4.69, 9.17) is 9.47 Å². The van der Waals surface area contributed by atoms with Gasteiger partial charge in [-0.1, -0.05) is 0 Å². The number of hydrogen-bond donors (Lipinski definition) is 0. The predicted molar refractivity (Wildman–Crippen MR) is 75.8 cm³/mol. The van der Waals surface area contributed by atoms with E-state index in [2.05, 4.69) is 0 Å². The van der Waals surface area contributed by atoms with Crippen LogP contribution in [0.3, 0.4) is 0 Å². The van der Waals surface area contributed by atoms with E-state index in [1.807, 2.05) is 13.8 Å². The Hall–Kier alpha value is -2.17. The van der Waals surface area contributed by atoms with Gasteiger partial charge >= 0.3 is 5.97 Å². The fourth-order valence-corrected chi connectivity index (χ4v) is 2.41. The molecule has 0 fully saturated rings. The Morgan fingerprint density at radius 3 is 2.52 bits per heavy atom. The van der Waals surface area contributed by atoms with E-state index in [1.54, 1.807) is 6.07 Å². The molecule has 0 unspecified atom stereocenters. The number of Topliss-reactive ketones (excluding diaryl/α,β-unsaturated/α-hetero) is 2. The SMILES string of the molecule is CC(=O)Cc1cc(OC(C)=O)cc2c1OC(C)(C)CC2=O. The van der Waals surface area contributed by atoms with Gasteiger partial charge in [0.15, 0.2) is 5.78 Å². The molecule has 5 nitrogen and oxygen atoms in total. The van der Waals surface area contributed by atoms with Gasteiger partial charge in [-0.15, -0.1) is 0 Å². The Bertz CT molecular complexity index is 628. The van der Waals surface area contributed by atoms with Crippen molar-refractivity contribution in [1.29, 1.82) is 0 Å². The van der Waals surface area contributed by atoms with E-state index in [-0.39, 0.29) is 30.2 Å². The highest BCUT2D eigenvalue weighted by Gasteiger charge is 2.34. The summed E-state index contributed by atoms with van der Waals surface area (Å²) in [7, 11) is 0. The molecule has 2 rings (SSSR count). The molecule has 1 aromatic carbocycles. The first-order valence-electron chi connectivity index (χ1n) is 6.75. The largest absolute Gasteiger partial charge is 0.486 e. The molecule has 0 amide bonds. The molecule has 1 aromatic rings. The second kappa shape index (κ2) is 5.31. The zero-order chi connectivity index (χ0) is 15.8. The van der Waals surface area contributed by atoms with Gasteiger partial charge in [0.25, 0.3) is 0 Å². The molecule has 0 radical (unpaired) electrons. The number of ether oxygens (including phenoxy) is 2. The van der Waals surface area contributed by atoms with Crippen LogP contribution in [-0.2, 0) is 16.0 Å². The Morgan fingerprint density at radius 2 is 1.95 bits per heavy atom. The monoisotopic (exact) mass is 290 g/mol. The highest BCUT2D eigenvalue weighted by atomic mass is 16.5. The lowest BCUT2D eigenvalue weighted by Gasteiger charge is -2.33. The summed E-state index contributed by atoms with van der Waals surface area (Å²) in [5, 5.41) is 0. The van der Waals surface area contributed by atoms with Gasteiger partial charge in [-0.25, -0.2) is 0 Å². The average Bonchev–Trinajstić information content (AvgIpc) is 2.28. The molecular weight excluding hydrogens is 272 g/mol.